The first kappa shape index (κ1) is 13.1. The van der Waals surface area contributed by atoms with Crippen molar-refractivity contribution in [3.63, 3.8) is 0 Å². The SMILES string of the molecule is c1ccc2c(c1)Oc1ccccc1C2NCCn1ccnc1. The van der Waals surface area contributed by atoms with Gasteiger partial charge in [0, 0.05) is 36.6 Å². The number of nitrogens with zero attached hydrogens (tertiary/aromatic N) is 2. The van der Waals surface area contributed by atoms with Crippen LogP contribution in [0.2, 0.25) is 0 Å². The Labute approximate surface area is 129 Å². The van der Waals surface area contributed by atoms with E-state index in [1.54, 1.807) is 6.20 Å². The molecule has 3 aromatic rings. The molecule has 0 amide bonds. The highest BCUT2D eigenvalue weighted by Crippen LogP contribution is 2.42. The molecule has 1 aliphatic heterocycles. The Hall–Kier alpha value is -2.59. The fourth-order valence-electron chi connectivity index (χ4n) is 2.89. The van der Waals surface area contributed by atoms with Crippen molar-refractivity contribution < 1.29 is 4.74 Å². The minimum atomic E-state index is 0.157. The Morgan fingerprint density at radius 2 is 1.68 bits per heavy atom. The van der Waals surface area contributed by atoms with Gasteiger partial charge in [0.2, 0.25) is 0 Å². The van der Waals surface area contributed by atoms with Crippen LogP contribution in [0.25, 0.3) is 0 Å². The van der Waals surface area contributed by atoms with E-state index in [4.69, 9.17) is 4.74 Å². The van der Waals surface area contributed by atoms with E-state index in [1.165, 1.54) is 11.1 Å². The number of para-hydroxylation sites is 2. The summed E-state index contributed by atoms with van der Waals surface area (Å²) in [6.45, 7) is 1.76. The number of benzene rings is 2. The summed E-state index contributed by atoms with van der Waals surface area (Å²) in [5, 5.41) is 3.64. The van der Waals surface area contributed by atoms with E-state index in [-0.39, 0.29) is 6.04 Å². The first-order valence-electron chi connectivity index (χ1n) is 7.46. The van der Waals surface area contributed by atoms with Crippen LogP contribution in [0.3, 0.4) is 0 Å². The largest absolute Gasteiger partial charge is 0.457 e. The molecule has 0 radical (unpaired) electrons. The van der Waals surface area contributed by atoms with E-state index in [1.807, 2.05) is 36.8 Å². The number of hydrogen-bond donors (Lipinski definition) is 1. The van der Waals surface area contributed by atoms with Gasteiger partial charge in [0.1, 0.15) is 11.5 Å². The standard InChI is InChI=1S/C18H17N3O/c1-3-7-16-14(5-1)18(15-6-2-4-8-17(15)22-16)20-10-12-21-11-9-19-13-21/h1-9,11,13,18,20H,10,12H2. The van der Waals surface area contributed by atoms with Crippen LogP contribution in [0.1, 0.15) is 17.2 Å². The Morgan fingerprint density at radius 3 is 2.32 bits per heavy atom. The third-order valence-corrected chi connectivity index (χ3v) is 3.96. The number of imidazole rings is 1. The third kappa shape index (κ3) is 2.38. The molecule has 0 saturated carbocycles. The van der Waals surface area contributed by atoms with Crippen molar-refractivity contribution in [3.05, 3.63) is 78.4 Å². The summed E-state index contributed by atoms with van der Waals surface area (Å²) >= 11 is 0. The second-order valence-electron chi connectivity index (χ2n) is 5.37. The number of hydrogen-bond acceptors (Lipinski definition) is 3. The molecule has 0 aliphatic carbocycles. The average molecular weight is 291 g/mol. The molecular formula is C18H17N3O. The zero-order valence-corrected chi connectivity index (χ0v) is 12.1. The summed E-state index contributed by atoms with van der Waals surface area (Å²) in [6, 6.07) is 16.6. The van der Waals surface area contributed by atoms with Gasteiger partial charge in [-0.1, -0.05) is 36.4 Å². The first-order chi connectivity index (χ1) is 10.9. The highest BCUT2D eigenvalue weighted by molar-refractivity contribution is 5.52. The lowest BCUT2D eigenvalue weighted by molar-refractivity contribution is 0.424. The molecule has 0 bridgehead atoms. The van der Waals surface area contributed by atoms with Crippen LogP contribution in [0.5, 0.6) is 11.5 Å². The molecule has 2 aromatic carbocycles. The van der Waals surface area contributed by atoms with Crippen LogP contribution in [-0.2, 0) is 6.54 Å². The second kappa shape index (κ2) is 5.66. The summed E-state index contributed by atoms with van der Waals surface area (Å²) in [6.07, 6.45) is 5.63. The van der Waals surface area contributed by atoms with Crippen LogP contribution >= 0.6 is 0 Å². The lowest BCUT2D eigenvalue weighted by atomic mass is 9.94. The molecule has 4 nitrogen and oxygen atoms in total. The molecule has 1 N–H and O–H groups in total. The smallest absolute Gasteiger partial charge is 0.132 e. The van der Waals surface area contributed by atoms with Crippen LogP contribution in [-0.4, -0.2) is 16.1 Å². The minimum absolute atomic E-state index is 0.157. The molecule has 110 valence electrons. The van der Waals surface area contributed by atoms with Gasteiger partial charge in [-0.2, -0.15) is 0 Å². The number of fused-ring (bicyclic) bond motifs is 2. The summed E-state index contributed by atoms with van der Waals surface area (Å²) < 4.78 is 8.08. The van der Waals surface area contributed by atoms with Gasteiger partial charge in [-0.25, -0.2) is 4.98 Å². The fourth-order valence-corrected chi connectivity index (χ4v) is 2.89. The Kier molecular flexibility index (Phi) is 3.37. The molecule has 1 aromatic heterocycles. The van der Waals surface area contributed by atoms with E-state index in [2.05, 4.69) is 39.1 Å². The van der Waals surface area contributed by atoms with Gasteiger partial charge in [0.05, 0.1) is 12.4 Å². The van der Waals surface area contributed by atoms with Crippen LogP contribution in [0, 0.1) is 0 Å². The Balaban J connectivity index is 1.60. The fraction of sp³-hybridized carbons (Fsp3) is 0.167. The lowest BCUT2D eigenvalue weighted by Gasteiger charge is -2.29. The van der Waals surface area contributed by atoms with Gasteiger partial charge in [0.15, 0.2) is 0 Å². The molecule has 0 saturated heterocycles. The van der Waals surface area contributed by atoms with Gasteiger partial charge in [0.25, 0.3) is 0 Å². The lowest BCUT2D eigenvalue weighted by Crippen LogP contribution is -2.28. The first-order valence-corrected chi connectivity index (χ1v) is 7.46. The van der Waals surface area contributed by atoms with Gasteiger partial charge < -0.3 is 14.6 Å². The van der Waals surface area contributed by atoms with Gasteiger partial charge in [-0.05, 0) is 12.1 Å². The average Bonchev–Trinajstić information content (AvgIpc) is 3.07. The van der Waals surface area contributed by atoms with E-state index in [9.17, 15) is 0 Å². The van der Waals surface area contributed by atoms with E-state index in [0.717, 1.165) is 24.6 Å². The summed E-state index contributed by atoms with van der Waals surface area (Å²) in [7, 11) is 0. The maximum absolute atomic E-state index is 6.00. The maximum Gasteiger partial charge on any atom is 0.132 e. The molecule has 0 unspecified atom stereocenters. The van der Waals surface area contributed by atoms with Crippen molar-refractivity contribution in [2.24, 2.45) is 0 Å². The molecule has 4 heteroatoms. The predicted octanol–water partition coefficient (Wildman–Crippen LogP) is 3.37. The second-order valence-corrected chi connectivity index (χ2v) is 5.37. The van der Waals surface area contributed by atoms with Crippen molar-refractivity contribution in [3.8, 4) is 11.5 Å². The third-order valence-electron chi connectivity index (χ3n) is 3.96. The number of nitrogens with one attached hydrogen (secondary N) is 1. The number of rotatable bonds is 4. The van der Waals surface area contributed by atoms with Crippen LogP contribution in [0.4, 0.5) is 0 Å². The molecular weight excluding hydrogens is 274 g/mol. The summed E-state index contributed by atoms with van der Waals surface area (Å²) in [5.41, 5.74) is 2.37. The number of ether oxygens (including phenoxy) is 1. The van der Waals surface area contributed by atoms with Gasteiger partial charge in [-0.3, -0.25) is 0 Å². The molecule has 0 spiro atoms. The maximum atomic E-state index is 6.00. The Bertz CT molecular complexity index is 722. The van der Waals surface area contributed by atoms with Crippen LogP contribution in [0.15, 0.2) is 67.3 Å². The van der Waals surface area contributed by atoms with E-state index in [0.29, 0.717) is 0 Å². The molecule has 0 atom stereocenters. The van der Waals surface area contributed by atoms with Crippen LogP contribution < -0.4 is 10.1 Å². The zero-order valence-electron chi connectivity index (χ0n) is 12.1. The molecule has 4 rings (SSSR count). The van der Waals surface area contributed by atoms with Crippen molar-refractivity contribution in [1.29, 1.82) is 0 Å². The predicted molar refractivity (Wildman–Crippen MR) is 85.0 cm³/mol. The monoisotopic (exact) mass is 291 g/mol. The molecule has 0 fully saturated rings. The summed E-state index contributed by atoms with van der Waals surface area (Å²) in [4.78, 5) is 4.07. The topological polar surface area (TPSA) is 39.1 Å². The zero-order chi connectivity index (χ0) is 14.8. The summed E-state index contributed by atoms with van der Waals surface area (Å²) in [5.74, 6) is 1.86. The minimum Gasteiger partial charge on any atom is -0.457 e. The van der Waals surface area contributed by atoms with Crippen molar-refractivity contribution >= 4 is 0 Å². The van der Waals surface area contributed by atoms with E-state index >= 15 is 0 Å². The highest BCUT2D eigenvalue weighted by Gasteiger charge is 2.25. The highest BCUT2D eigenvalue weighted by atomic mass is 16.5. The van der Waals surface area contributed by atoms with Crippen molar-refractivity contribution in [1.82, 2.24) is 14.9 Å². The van der Waals surface area contributed by atoms with Gasteiger partial charge in [-0.15, -0.1) is 0 Å². The van der Waals surface area contributed by atoms with Crippen molar-refractivity contribution in [2.75, 3.05) is 6.54 Å². The molecule has 22 heavy (non-hydrogen) atoms. The van der Waals surface area contributed by atoms with Crippen molar-refractivity contribution in [2.45, 2.75) is 12.6 Å². The molecule has 1 aliphatic rings. The van der Waals surface area contributed by atoms with Gasteiger partial charge >= 0.3 is 0 Å². The quantitative estimate of drug-likeness (QED) is 0.801. The molecule has 2 heterocycles. The van der Waals surface area contributed by atoms with E-state index < -0.39 is 0 Å². The number of aromatic nitrogens is 2. The normalized spacial score (nSPS) is 13.3. The Morgan fingerprint density at radius 1 is 1.00 bits per heavy atom.